The summed E-state index contributed by atoms with van der Waals surface area (Å²) in [5, 5.41) is 4.53. The molecule has 1 aliphatic heterocycles. The first-order valence-corrected chi connectivity index (χ1v) is 9.25. The van der Waals surface area contributed by atoms with Gasteiger partial charge in [0.15, 0.2) is 5.65 Å². The maximum absolute atomic E-state index is 12.6. The number of amides is 1. The minimum atomic E-state index is 0.199. The number of carbonyl (C=O) groups excluding carboxylic acids is 1. The Bertz CT molecular complexity index is 932. The highest BCUT2D eigenvalue weighted by Gasteiger charge is 2.23. The van der Waals surface area contributed by atoms with Gasteiger partial charge < -0.3 is 4.90 Å². The average molecular weight is 399 g/mol. The van der Waals surface area contributed by atoms with Crippen molar-refractivity contribution in [1.29, 1.82) is 0 Å². The van der Waals surface area contributed by atoms with Crippen LogP contribution in [-0.4, -0.2) is 31.9 Å². The summed E-state index contributed by atoms with van der Waals surface area (Å²) < 4.78 is 2.98. The predicted octanol–water partition coefficient (Wildman–Crippen LogP) is 3.32. The maximum Gasteiger partial charge on any atom is 0.223 e. The minimum Gasteiger partial charge on any atom is -0.338 e. The maximum atomic E-state index is 12.6. The lowest BCUT2D eigenvalue weighted by atomic mass is 10.1. The number of rotatable bonds is 3. The van der Waals surface area contributed by atoms with Gasteiger partial charge >= 0.3 is 0 Å². The average Bonchev–Trinajstić information content (AvgIpc) is 3.01. The highest BCUT2D eigenvalue weighted by molar-refractivity contribution is 9.10. The monoisotopic (exact) mass is 398 g/mol. The lowest BCUT2D eigenvalue weighted by molar-refractivity contribution is -0.132. The summed E-state index contributed by atoms with van der Waals surface area (Å²) in [5.41, 5.74) is 5.30. The Hall–Kier alpha value is -2.21. The number of nitrogens with zero attached hydrogens (tertiary/aromatic N) is 4. The van der Waals surface area contributed by atoms with Gasteiger partial charge in [-0.25, -0.2) is 9.50 Å². The molecule has 5 nitrogen and oxygen atoms in total. The second-order valence-corrected chi connectivity index (χ2v) is 7.39. The molecule has 25 heavy (non-hydrogen) atoms. The van der Waals surface area contributed by atoms with Crippen LogP contribution in [0.4, 0.5) is 0 Å². The van der Waals surface area contributed by atoms with E-state index in [0.29, 0.717) is 13.0 Å². The number of aromatic nitrogens is 3. The zero-order valence-electron chi connectivity index (χ0n) is 14.1. The summed E-state index contributed by atoms with van der Waals surface area (Å²) in [6.45, 7) is 3.34. The second-order valence-electron chi connectivity index (χ2n) is 6.48. The summed E-state index contributed by atoms with van der Waals surface area (Å²) in [5.74, 6) is 0.199. The number of aryl methyl sites for hydroxylation is 2. The van der Waals surface area contributed by atoms with Gasteiger partial charge in [-0.1, -0.05) is 28.1 Å². The fraction of sp³-hybridized carbons (Fsp3) is 0.316. The van der Waals surface area contributed by atoms with Crippen molar-refractivity contribution in [1.82, 2.24) is 19.5 Å². The molecule has 6 heteroatoms. The molecule has 1 amide bonds. The number of benzene rings is 1. The molecule has 128 valence electrons. The predicted molar refractivity (Wildman–Crippen MR) is 99.3 cm³/mol. The van der Waals surface area contributed by atoms with Gasteiger partial charge in [0.1, 0.15) is 0 Å². The van der Waals surface area contributed by atoms with Crippen LogP contribution in [-0.2, 0) is 24.2 Å². The van der Waals surface area contributed by atoms with Crippen LogP contribution in [0.5, 0.6) is 0 Å². The van der Waals surface area contributed by atoms with Crippen LogP contribution in [0, 0.1) is 6.92 Å². The standard InChI is InChI=1S/C19H19BrN4O/c1-13-10-18-21-11-15-12-23(9-8-17(15)24(18)22-13)19(25)7-4-14-2-5-16(20)6-3-14/h2-3,5-6,10-11H,4,7-9,12H2,1H3. The van der Waals surface area contributed by atoms with E-state index in [1.54, 1.807) is 0 Å². The van der Waals surface area contributed by atoms with Crippen molar-refractivity contribution in [2.24, 2.45) is 0 Å². The minimum absolute atomic E-state index is 0.199. The molecule has 0 spiro atoms. The zero-order valence-corrected chi connectivity index (χ0v) is 15.7. The van der Waals surface area contributed by atoms with Crippen LogP contribution < -0.4 is 0 Å². The van der Waals surface area contributed by atoms with E-state index in [4.69, 9.17) is 0 Å². The highest BCUT2D eigenvalue weighted by atomic mass is 79.9. The normalized spacial score (nSPS) is 13.9. The van der Waals surface area contributed by atoms with Gasteiger partial charge in [0, 0.05) is 48.2 Å². The quantitative estimate of drug-likeness (QED) is 0.679. The molecule has 3 heterocycles. The molecule has 1 aromatic carbocycles. The smallest absolute Gasteiger partial charge is 0.223 e. The summed E-state index contributed by atoms with van der Waals surface area (Å²) in [7, 11) is 0. The first kappa shape index (κ1) is 16.3. The summed E-state index contributed by atoms with van der Waals surface area (Å²) in [6.07, 6.45) is 4.01. The van der Waals surface area contributed by atoms with E-state index in [0.717, 1.165) is 40.8 Å². The van der Waals surface area contributed by atoms with E-state index < -0.39 is 0 Å². The summed E-state index contributed by atoms with van der Waals surface area (Å²) in [6, 6.07) is 10.1. The molecule has 1 aliphatic rings. The summed E-state index contributed by atoms with van der Waals surface area (Å²) >= 11 is 3.43. The van der Waals surface area contributed by atoms with Crippen LogP contribution in [0.3, 0.4) is 0 Å². The first-order valence-electron chi connectivity index (χ1n) is 8.45. The fourth-order valence-corrected chi connectivity index (χ4v) is 3.59. The first-order chi connectivity index (χ1) is 12.1. The van der Waals surface area contributed by atoms with Crippen LogP contribution in [0.2, 0.25) is 0 Å². The molecule has 0 atom stereocenters. The lowest BCUT2D eigenvalue weighted by Crippen LogP contribution is -2.37. The van der Waals surface area contributed by atoms with Gasteiger partial charge in [0.2, 0.25) is 5.91 Å². The lowest BCUT2D eigenvalue weighted by Gasteiger charge is -2.28. The highest BCUT2D eigenvalue weighted by Crippen LogP contribution is 2.21. The summed E-state index contributed by atoms with van der Waals surface area (Å²) in [4.78, 5) is 19.0. The van der Waals surface area contributed by atoms with Crippen LogP contribution in [0.15, 0.2) is 41.0 Å². The van der Waals surface area contributed by atoms with Crippen molar-refractivity contribution in [3.63, 3.8) is 0 Å². The van der Waals surface area contributed by atoms with Gasteiger partial charge in [-0.05, 0) is 31.0 Å². The molecule has 2 aromatic heterocycles. The van der Waals surface area contributed by atoms with Crippen molar-refractivity contribution in [3.8, 4) is 0 Å². The van der Waals surface area contributed by atoms with Crippen LogP contribution in [0.1, 0.15) is 28.9 Å². The molecule has 3 aromatic rings. The molecule has 0 fully saturated rings. The Balaban J connectivity index is 1.45. The molecule has 0 bridgehead atoms. The third-order valence-corrected chi connectivity index (χ3v) is 5.19. The van der Waals surface area contributed by atoms with Crippen molar-refractivity contribution >= 4 is 27.5 Å². The Morgan fingerprint density at radius 1 is 1.28 bits per heavy atom. The molecular formula is C19H19BrN4O. The topological polar surface area (TPSA) is 50.5 Å². The molecular weight excluding hydrogens is 380 g/mol. The van der Waals surface area contributed by atoms with Crippen molar-refractivity contribution in [2.45, 2.75) is 32.7 Å². The molecule has 0 saturated heterocycles. The number of fused-ring (bicyclic) bond motifs is 3. The van der Waals surface area contributed by atoms with E-state index in [2.05, 4.69) is 38.1 Å². The number of hydrogen-bond donors (Lipinski definition) is 0. The third-order valence-electron chi connectivity index (χ3n) is 4.66. The van der Waals surface area contributed by atoms with E-state index in [1.165, 1.54) is 11.3 Å². The van der Waals surface area contributed by atoms with Crippen LogP contribution >= 0.6 is 15.9 Å². The Kier molecular flexibility index (Phi) is 4.29. The molecule has 0 unspecified atom stereocenters. The van der Waals surface area contributed by atoms with Crippen molar-refractivity contribution < 1.29 is 4.79 Å². The van der Waals surface area contributed by atoms with Gasteiger partial charge in [-0.15, -0.1) is 0 Å². The molecule has 0 aliphatic carbocycles. The SMILES string of the molecule is Cc1cc2ncc3c(n2n1)CCN(C(=O)CCc1ccc(Br)cc1)C3. The van der Waals surface area contributed by atoms with E-state index in [1.807, 2.05) is 40.7 Å². The number of halogens is 1. The molecule has 0 N–H and O–H groups in total. The van der Waals surface area contributed by atoms with Gasteiger partial charge in [0.05, 0.1) is 11.4 Å². The van der Waals surface area contributed by atoms with E-state index in [-0.39, 0.29) is 5.91 Å². The number of carbonyl (C=O) groups is 1. The van der Waals surface area contributed by atoms with Crippen molar-refractivity contribution in [2.75, 3.05) is 6.54 Å². The largest absolute Gasteiger partial charge is 0.338 e. The third kappa shape index (κ3) is 3.31. The van der Waals surface area contributed by atoms with E-state index >= 15 is 0 Å². The van der Waals surface area contributed by atoms with Gasteiger partial charge in [0.25, 0.3) is 0 Å². The Morgan fingerprint density at radius 2 is 2.08 bits per heavy atom. The van der Waals surface area contributed by atoms with Crippen LogP contribution in [0.25, 0.3) is 5.65 Å². The Labute approximate surface area is 154 Å². The van der Waals surface area contributed by atoms with Gasteiger partial charge in [-0.3, -0.25) is 4.79 Å². The van der Waals surface area contributed by atoms with Gasteiger partial charge in [-0.2, -0.15) is 5.10 Å². The number of hydrogen-bond acceptors (Lipinski definition) is 3. The molecule has 4 rings (SSSR count). The second kappa shape index (κ2) is 6.59. The zero-order chi connectivity index (χ0) is 17.4. The fourth-order valence-electron chi connectivity index (χ4n) is 3.33. The van der Waals surface area contributed by atoms with Crippen molar-refractivity contribution in [3.05, 3.63) is 63.5 Å². The Morgan fingerprint density at radius 3 is 2.88 bits per heavy atom. The van der Waals surface area contributed by atoms with E-state index in [9.17, 15) is 4.79 Å². The molecule has 0 radical (unpaired) electrons. The molecule has 0 saturated carbocycles.